The number of para-hydroxylation sites is 1. The van der Waals surface area contributed by atoms with Gasteiger partial charge in [-0.25, -0.2) is 0 Å². The largest absolute Gasteiger partial charge is 0.378 e. The van der Waals surface area contributed by atoms with Crippen molar-refractivity contribution in [1.29, 1.82) is 5.26 Å². The summed E-state index contributed by atoms with van der Waals surface area (Å²) < 4.78 is 30.7. The highest BCUT2D eigenvalue weighted by atomic mass is 35.5. The zero-order chi connectivity index (χ0) is 26.4. The molecule has 0 aliphatic rings. The van der Waals surface area contributed by atoms with Crippen LogP contribution in [0.4, 0.5) is 5.13 Å². The Morgan fingerprint density at radius 2 is 1.78 bits per heavy atom. The topological polar surface area (TPSA) is 122 Å². The van der Waals surface area contributed by atoms with Crippen LogP contribution in [0.25, 0.3) is 6.08 Å². The summed E-state index contributed by atoms with van der Waals surface area (Å²) in [6.45, 7) is 2.01. The van der Waals surface area contributed by atoms with Crippen LogP contribution in [0.15, 0.2) is 83.3 Å². The lowest BCUT2D eigenvalue weighted by Crippen LogP contribution is -2.13. The molecule has 0 atom stereocenters. The fraction of sp³-hybridized carbons (Fsp3) is 0.0769. The minimum atomic E-state index is -4.18. The van der Waals surface area contributed by atoms with Crippen LogP contribution in [0.2, 0.25) is 5.02 Å². The predicted molar refractivity (Wildman–Crippen MR) is 142 cm³/mol. The van der Waals surface area contributed by atoms with E-state index in [9.17, 15) is 18.5 Å². The second kappa shape index (κ2) is 11.3. The number of halogens is 1. The average molecular weight is 551 g/mol. The molecule has 0 spiro atoms. The zero-order valence-electron chi connectivity index (χ0n) is 19.4. The summed E-state index contributed by atoms with van der Waals surface area (Å²) in [6.07, 6.45) is 1.80. The average Bonchev–Trinajstić information content (AvgIpc) is 3.31. The van der Waals surface area contributed by atoms with Crippen LogP contribution in [0.1, 0.15) is 21.7 Å². The van der Waals surface area contributed by atoms with Gasteiger partial charge in [-0.3, -0.25) is 10.1 Å². The molecule has 8 nitrogen and oxygen atoms in total. The Labute approximate surface area is 223 Å². The molecule has 11 heteroatoms. The van der Waals surface area contributed by atoms with Gasteiger partial charge in [-0.2, -0.15) is 13.7 Å². The van der Waals surface area contributed by atoms with Gasteiger partial charge in [0.1, 0.15) is 27.3 Å². The molecule has 0 saturated carbocycles. The maximum Gasteiger partial charge on any atom is 0.339 e. The van der Waals surface area contributed by atoms with E-state index in [2.05, 4.69) is 15.5 Å². The third kappa shape index (κ3) is 6.80. The highest BCUT2D eigenvalue weighted by Gasteiger charge is 2.19. The number of nitrogens with zero attached hydrogens (tertiary/aromatic N) is 3. The van der Waals surface area contributed by atoms with Crippen LogP contribution in [0.5, 0.6) is 5.75 Å². The number of aryl methyl sites for hydroxylation is 1. The van der Waals surface area contributed by atoms with Crippen molar-refractivity contribution in [3.8, 4) is 11.8 Å². The van der Waals surface area contributed by atoms with Crippen molar-refractivity contribution in [3.05, 3.63) is 105 Å². The summed E-state index contributed by atoms with van der Waals surface area (Å²) in [5, 5.41) is 21.6. The van der Waals surface area contributed by atoms with E-state index in [-0.39, 0.29) is 26.9 Å². The number of carbonyl (C=O) groups excluding carboxylic acids is 1. The molecule has 1 N–H and O–H groups in total. The van der Waals surface area contributed by atoms with E-state index in [1.54, 1.807) is 12.1 Å². The summed E-state index contributed by atoms with van der Waals surface area (Å²) >= 11 is 7.03. The molecule has 0 aliphatic carbocycles. The normalized spacial score (nSPS) is 11.5. The van der Waals surface area contributed by atoms with E-state index >= 15 is 0 Å². The van der Waals surface area contributed by atoms with Crippen molar-refractivity contribution in [3.63, 3.8) is 0 Å². The molecule has 37 heavy (non-hydrogen) atoms. The number of amides is 1. The first-order chi connectivity index (χ1) is 17.7. The van der Waals surface area contributed by atoms with E-state index in [0.717, 1.165) is 11.1 Å². The Hall–Kier alpha value is -4.04. The van der Waals surface area contributed by atoms with Crippen LogP contribution < -0.4 is 9.50 Å². The fourth-order valence-electron chi connectivity index (χ4n) is 3.17. The molecule has 0 aliphatic heterocycles. The van der Waals surface area contributed by atoms with Crippen LogP contribution in [0.3, 0.4) is 0 Å². The van der Waals surface area contributed by atoms with E-state index in [1.807, 2.05) is 37.3 Å². The molecule has 1 heterocycles. The zero-order valence-corrected chi connectivity index (χ0v) is 21.8. The second-order valence-electron chi connectivity index (χ2n) is 7.82. The molecule has 0 unspecified atom stereocenters. The number of hydrogen-bond donors (Lipinski definition) is 1. The van der Waals surface area contributed by atoms with Gasteiger partial charge in [-0.05, 0) is 48.9 Å². The Bertz CT molecular complexity index is 1610. The molecule has 4 rings (SSSR count). The summed E-state index contributed by atoms with van der Waals surface area (Å²) in [6, 6.07) is 21.5. The van der Waals surface area contributed by atoms with Gasteiger partial charge >= 0.3 is 10.1 Å². The summed E-state index contributed by atoms with van der Waals surface area (Å²) in [5.74, 6) is -0.759. The molecule has 186 valence electrons. The number of nitrogens with one attached hydrogen (secondary N) is 1. The van der Waals surface area contributed by atoms with Crippen molar-refractivity contribution >= 4 is 50.2 Å². The first kappa shape index (κ1) is 26.0. The molecule has 0 radical (unpaired) electrons. The minimum absolute atomic E-state index is 0.0469. The Morgan fingerprint density at radius 1 is 1.08 bits per heavy atom. The maximum atomic E-state index is 12.8. The van der Waals surface area contributed by atoms with Crippen molar-refractivity contribution in [2.24, 2.45) is 0 Å². The Kier molecular flexibility index (Phi) is 7.98. The highest BCUT2D eigenvalue weighted by Crippen LogP contribution is 2.26. The van der Waals surface area contributed by atoms with Crippen LogP contribution in [-0.4, -0.2) is 24.5 Å². The smallest absolute Gasteiger partial charge is 0.339 e. The molecule has 0 fully saturated rings. The van der Waals surface area contributed by atoms with Gasteiger partial charge in [-0.1, -0.05) is 71.0 Å². The lowest BCUT2D eigenvalue weighted by atomic mass is 10.1. The number of rotatable bonds is 8. The monoisotopic (exact) mass is 550 g/mol. The molecular weight excluding hydrogens is 532 g/mol. The van der Waals surface area contributed by atoms with Crippen LogP contribution in [0, 0.1) is 18.3 Å². The van der Waals surface area contributed by atoms with Crippen molar-refractivity contribution in [2.45, 2.75) is 18.2 Å². The van der Waals surface area contributed by atoms with Crippen molar-refractivity contribution in [2.75, 3.05) is 5.32 Å². The van der Waals surface area contributed by atoms with E-state index in [4.69, 9.17) is 15.8 Å². The minimum Gasteiger partial charge on any atom is -0.378 e. The van der Waals surface area contributed by atoms with Crippen LogP contribution in [-0.2, 0) is 21.3 Å². The lowest BCUT2D eigenvalue weighted by Gasteiger charge is -2.10. The van der Waals surface area contributed by atoms with E-state index in [0.29, 0.717) is 16.5 Å². The third-order valence-electron chi connectivity index (χ3n) is 5.05. The number of nitriles is 1. The van der Waals surface area contributed by atoms with Gasteiger partial charge in [0.2, 0.25) is 5.13 Å². The SMILES string of the molecule is Cc1ccc(Cc2nnc(NC(=O)/C(C#N)=C/c3ccccc3OS(=O)(=O)c3ccc(Cl)cc3)s2)cc1. The van der Waals surface area contributed by atoms with Gasteiger partial charge in [0.15, 0.2) is 0 Å². The summed E-state index contributed by atoms with van der Waals surface area (Å²) in [5.41, 5.74) is 2.17. The molecule has 4 aromatic rings. The fourth-order valence-corrected chi connectivity index (χ4v) is 5.02. The van der Waals surface area contributed by atoms with Gasteiger partial charge in [0.25, 0.3) is 5.91 Å². The van der Waals surface area contributed by atoms with Crippen LogP contribution >= 0.6 is 22.9 Å². The van der Waals surface area contributed by atoms with Gasteiger partial charge in [0.05, 0.1) is 0 Å². The predicted octanol–water partition coefficient (Wildman–Crippen LogP) is 5.40. The highest BCUT2D eigenvalue weighted by molar-refractivity contribution is 7.87. The molecule has 3 aromatic carbocycles. The first-order valence-electron chi connectivity index (χ1n) is 10.8. The quantitative estimate of drug-likeness (QED) is 0.177. The van der Waals surface area contributed by atoms with Gasteiger partial charge in [-0.15, -0.1) is 10.2 Å². The molecule has 0 saturated heterocycles. The third-order valence-corrected chi connectivity index (χ3v) is 7.39. The van der Waals surface area contributed by atoms with Gasteiger partial charge in [0, 0.05) is 17.0 Å². The molecule has 0 bridgehead atoms. The second-order valence-corrected chi connectivity index (χ2v) is 10.9. The number of aromatic nitrogens is 2. The molecular formula is C26H19ClN4O4S2. The van der Waals surface area contributed by atoms with Gasteiger partial charge < -0.3 is 4.18 Å². The number of hydrogen-bond acceptors (Lipinski definition) is 8. The summed E-state index contributed by atoms with van der Waals surface area (Å²) in [7, 11) is -4.18. The first-order valence-corrected chi connectivity index (χ1v) is 13.4. The lowest BCUT2D eigenvalue weighted by molar-refractivity contribution is -0.112. The van der Waals surface area contributed by atoms with Crippen molar-refractivity contribution in [1.82, 2.24) is 10.2 Å². The maximum absolute atomic E-state index is 12.8. The summed E-state index contributed by atoms with van der Waals surface area (Å²) in [4.78, 5) is 12.7. The number of carbonyl (C=O) groups is 1. The van der Waals surface area contributed by atoms with E-state index < -0.39 is 16.0 Å². The molecule has 1 aromatic heterocycles. The number of anilines is 1. The Balaban J connectivity index is 1.50. The van der Waals surface area contributed by atoms with E-state index in [1.165, 1.54) is 53.8 Å². The van der Waals surface area contributed by atoms with Crippen molar-refractivity contribution < 1.29 is 17.4 Å². The Morgan fingerprint density at radius 3 is 2.49 bits per heavy atom. The standard InChI is InChI=1S/C26H19ClN4O4S2/c1-17-6-8-18(9-7-17)14-24-30-31-26(36-24)29-25(32)20(16-28)15-19-4-2-3-5-23(19)35-37(33,34)22-12-10-21(27)11-13-22/h2-13,15H,14H2,1H3,(H,29,31,32)/b20-15+. The molecule has 1 amide bonds. The number of benzene rings is 3.